The van der Waals surface area contributed by atoms with Crippen LogP contribution in [0.25, 0.3) is 0 Å². The topological polar surface area (TPSA) is 67.8 Å². The molecule has 1 atom stereocenters. The van der Waals surface area contributed by atoms with E-state index in [9.17, 15) is 4.79 Å². The Morgan fingerprint density at radius 2 is 2.00 bits per heavy atom. The second kappa shape index (κ2) is 9.39. The highest BCUT2D eigenvalue weighted by atomic mass is 16.5. The van der Waals surface area contributed by atoms with Crippen molar-refractivity contribution in [1.29, 1.82) is 0 Å². The average molecular weight is 247 g/mol. The van der Waals surface area contributed by atoms with E-state index < -0.39 is 11.5 Å². The van der Waals surface area contributed by atoms with E-state index in [4.69, 9.17) is 14.6 Å². The van der Waals surface area contributed by atoms with Gasteiger partial charge in [-0.05, 0) is 32.7 Å². The van der Waals surface area contributed by atoms with Crippen molar-refractivity contribution in [2.45, 2.75) is 38.6 Å². The maximum atomic E-state index is 11.1. The molecule has 0 amide bonds. The molecule has 0 radical (unpaired) electrons. The van der Waals surface area contributed by atoms with E-state index >= 15 is 0 Å². The summed E-state index contributed by atoms with van der Waals surface area (Å²) in [6.45, 7) is 6.15. The van der Waals surface area contributed by atoms with E-state index in [2.05, 4.69) is 5.32 Å². The summed E-state index contributed by atoms with van der Waals surface area (Å²) in [6, 6.07) is 0. The SMILES string of the molecule is CCNC(C)(CCCCOCCOC)C(=O)O. The number of aliphatic carboxylic acids is 1. The summed E-state index contributed by atoms with van der Waals surface area (Å²) in [5, 5.41) is 12.1. The quantitative estimate of drug-likeness (QED) is 0.538. The van der Waals surface area contributed by atoms with Crippen molar-refractivity contribution in [3.63, 3.8) is 0 Å². The minimum atomic E-state index is -0.818. The Morgan fingerprint density at radius 3 is 2.53 bits per heavy atom. The van der Waals surface area contributed by atoms with E-state index in [1.54, 1.807) is 14.0 Å². The number of ether oxygens (including phenoxy) is 2. The molecule has 5 heteroatoms. The Hall–Kier alpha value is -0.650. The third-order valence-corrected chi connectivity index (χ3v) is 2.69. The first-order chi connectivity index (χ1) is 8.06. The molecule has 0 fully saturated rings. The minimum absolute atomic E-state index is 0.597. The minimum Gasteiger partial charge on any atom is -0.480 e. The number of methoxy groups -OCH3 is 1. The summed E-state index contributed by atoms with van der Waals surface area (Å²) >= 11 is 0. The highest BCUT2D eigenvalue weighted by molar-refractivity contribution is 5.78. The second-order valence-corrected chi connectivity index (χ2v) is 4.23. The second-order valence-electron chi connectivity index (χ2n) is 4.23. The van der Waals surface area contributed by atoms with Crippen LogP contribution in [0.5, 0.6) is 0 Å². The molecule has 17 heavy (non-hydrogen) atoms. The van der Waals surface area contributed by atoms with Crippen LogP contribution in [0.15, 0.2) is 0 Å². The van der Waals surface area contributed by atoms with Gasteiger partial charge in [-0.3, -0.25) is 4.79 Å². The lowest BCUT2D eigenvalue weighted by atomic mass is 9.95. The maximum Gasteiger partial charge on any atom is 0.323 e. The van der Waals surface area contributed by atoms with E-state index in [1.807, 2.05) is 6.92 Å². The van der Waals surface area contributed by atoms with Crippen LogP contribution in [-0.2, 0) is 14.3 Å². The zero-order chi connectivity index (χ0) is 13.1. The fourth-order valence-electron chi connectivity index (χ4n) is 1.59. The summed E-state index contributed by atoms with van der Waals surface area (Å²) in [7, 11) is 1.64. The van der Waals surface area contributed by atoms with Crippen LogP contribution in [-0.4, -0.2) is 50.1 Å². The normalized spacial score (nSPS) is 14.5. The molecule has 0 spiro atoms. The Bertz CT molecular complexity index is 211. The first-order valence-electron chi connectivity index (χ1n) is 6.12. The summed E-state index contributed by atoms with van der Waals surface area (Å²) in [6.07, 6.45) is 2.32. The average Bonchev–Trinajstić information content (AvgIpc) is 2.28. The molecule has 0 bridgehead atoms. The van der Waals surface area contributed by atoms with Crippen molar-refractivity contribution < 1.29 is 19.4 Å². The van der Waals surface area contributed by atoms with Gasteiger partial charge in [-0.2, -0.15) is 0 Å². The fourth-order valence-corrected chi connectivity index (χ4v) is 1.59. The molecule has 0 aromatic rings. The molecule has 0 heterocycles. The van der Waals surface area contributed by atoms with E-state index in [1.165, 1.54) is 0 Å². The lowest BCUT2D eigenvalue weighted by Gasteiger charge is -2.25. The predicted molar refractivity (Wildman–Crippen MR) is 66.3 cm³/mol. The van der Waals surface area contributed by atoms with Gasteiger partial charge in [-0.1, -0.05) is 6.92 Å². The number of likely N-dealkylation sites (N-methyl/N-ethyl adjacent to an activating group) is 1. The number of hydrogen-bond acceptors (Lipinski definition) is 4. The van der Waals surface area contributed by atoms with Crippen molar-refractivity contribution >= 4 is 5.97 Å². The Balaban J connectivity index is 3.65. The largest absolute Gasteiger partial charge is 0.480 e. The van der Waals surface area contributed by atoms with Gasteiger partial charge in [0.15, 0.2) is 0 Å². The lowest BCUT2D eigenvalue weighted by molar-refractivity contribution is -0.144. The van der Waals surface area contributed by atoms with Gasteiger partial charge in [-0.25, -0.2) is 0 Å². The van der Waals surface area contributed by atoms with Crippen molar-refractivity contribution in [1.82, 2.24) is 5.32 Å². The number of unbranched alkanes of at least 4 members (excludes halogenated alkanes) is 1. The molecule has 0 saturated carbocycles. The van der Waals surface area contributed by atoms with Crippen LogP contribution >= 0.6 is 0 Å². The van der Waals surface area contributed by atoms with Gasteiger partial charge >= 0.3 is 5.97 Å². The predicted octanol–water partition coefficient (Wildman–Crippen LogP) is 1.27. The Labute approximate surface area is 103 Å². The van der Waals surface area contributed by atoms with Gasteiger partial charge in [0.25, 0.3) is 0 Å². The number of nitrogens with one attached hydrogen (secondary N) is 1. The first-order valence-corrected chi connectivity index (χ1v) is 6.12. The number of carboxylic acids is 1. The van der Waals surface area contributed by atoms with Gasteiger partial charge in [0, 0.05) is 13.7 Å². The Kier molecular flexibility index (Phi) is 9.03. The van der Waals surface area contributed by atoms with Crippen LogP contribution in [0, 0.1) is 0 Å². The van der Waals surface area contributed by atoms with Gasteiger partial charge in [0.05, 0.1) is 13.2 Å². The van der Waals surface area contributed by atoms with Crippen LogP contribution in [0.2, 0.25) is 0 Å². The summed E-state index contributed by atoms with van der Waals surface area (Å²) < 4.78 is 10.2. The number of carboxylic acid groups (broad SMARTS) is 1. The molecule has 1 unspecified atom stereocenters. The zero-order valence-electron chi connectivity index (χ0n) is 11.1. The van der Waals surface area contributed by atoms with E-state index in [0.717, 1.165) is 12.8 Å². The Morgan fingerprint density at radius 1 is 1.29 bits per heavy atom. The monoisotopic (exact) mass is 247 g/mol. The van der Waals surface area contributed by atoms with Gasteiger partial charge in [-0.15, -0.1) is 0 Å². The molecule has 5 nitrogen and oxygen atoms in total. The highest BCUT2D eigenvalue weighted by Crippen LogP contribution is 2.14. The fraction of sp³-hybridized carbons (Fsp3) is 0.917. The summed E-state index contributed by atoms with van der Waals surface area (Å²) in [5.41, 5.74) is -0.818. The first kappa shape index (κ1) is 16.4. The molecule has 2 N–H and O–H groups in total. The van der Waals surface area contributed by atoms with Gasteiger partial charge in [0.2, 0.25) is 0 Å². The third kappa shape index (κ3) is 7.31. The number of hydrogen-bond donors (Lipinski definition) is 2. The molecular weight excluding hydrogens is 222 g/mol. The maximum absolute atomic E-state index is 11.1. The molecule has 0 aliphatic carbocycles. The highest BCUT2D eigenvalue weighted by Gasteiger charge is 2.30. The van der Waals surface area contributed by atoms with Crippen molar-refractivity contribution in [3.8, 4) is 0 Å². The van der Waals surface area contributed by atoms with E-state index in [-0.39, 0.29) is 0 Å². The molecule has 0 aliphatic heterocycles. The molecule has 0 aromatic carbocycles. The number of rotatable bonds is 11. The van der Waals surface area contributed by atoms with Crippen LogP contribution in [0.4, 0.5) is 0 Å². The van der Waals surface area contributed by atoms with Gasteiger partial charge in [0.1, 0.15) is 5.54 Å². The van der Waals surface area contributed by atoms with Gasteiger partial charge < -0.3 is 19.9 Å². The van der Waals surface area contributed by atoms with Crippen LogP contribution in [0.3, 0.4) is 0 Å². The molecule has 0 rings (SSSR count). The molecule has 0 aromatic heterocycles. The molecule has 102 valence electrons. The number of carbonyl (C=O) groups is 1. The smallest absolute Gasteiger partial charge is 0.323 e. The van der Waals surface area contributed by atoms with Crippen molar-refractivity contribution in [2.24, 2.45) is 0 Å². The summed E-state index contributed by atoms with van der Waals surface area (Å²) in [4.78, 5) is 11.1. The zero-order valence-corrected chi connectivity index (χ0v) is 11.1. The van der Waals surface area contributed by atoms with Crippen molar-refractivity contribution in [2.75, 3.05) is 33.5 Å². The van der Waals surface area contributed by atoms with Crippen LogP contribution < -0.4 is 5.32 Å². The lowest BCUT2D eigenvalue weighted by Crippen LogP contribution is -2.49. The summed E-state index contributed by atoms with van der Waals surface area (Å²) in [5.74, 6) is -0.792. The van der Waals surface area contributed by atoms with Crippen LogP contribution in [0.1, 0.15) is 33.1 Å². The van der Waals surface area contributed by atoms with E-state index in [0.29, 0.717) is 32.8 Å². The molecule has 0 saturated heterocycles. The third-order valence-electron chi connectivity index (χ3n) is 2.69. The molecular formula is C12H25NO4. The standard InChI is InChI=1S/C12H25NO4/c1-4-13-12(2,11(14)15)7-5-6-8-17-10-9-16-3/h13H,4-10H2,1-3H3,(H,14,15). The van der Waals surface area contributed by atoms with Crippen molar-refractivity contribution in [3.05, 3.63) is 0 Å². The molecule has 0 aliphatic rings.